The number of H-pyrrole nitrogens is 1. The SMILES string of the molecule is CCC(C)(CC)Nc1ccc2c(C(F)(F)F)cc(=O)[nH]c2c1. The van der Waals surface area contributed by atoms with E-state index < -0.39 is 17.3 Å². The van der Waals surface area contributed by atoms with Crippen molar-refractivity contribution in [3.63, 3.8) is 0 Å². The van der Waals surface area contributed by atoms with Crippen molar-refractivity contribution in [1.82, 2.24) is 4.98 Å². The van der Waals surface area contributed by atoms with E-state index in [0.717, 1.165) is 12.8 Å². The summed E-state index contributed by atoms with van der Waals surface area (Å²) in [6, 6.07) is 5.15. The minimum Gasteiger partial charge on any atom is -0.380 e. The number of halogens is 3. The van der Waals surface area contributed by atoms with E-state index in [1.807, 2.05) is 20.8 Å². The molecule has 0 spiro atoms. The van der Waals surface area contributed by atoms with Gasteiger partial charge in [-0.25, -0.2) is 0 Å². The highest BCUT2D eigenvalue weighted by molar-refractivity contribution is 5.85. The summed E-state index contributed by atoms with van der Waals surface area (Å²) in [5.74, 6) is 0. The van der Waals surface area contributed by atoms with Gasteiger partial charge in [0.2, 0.25) is 5.56 Å². The monoisotopic (exact) mass is 312 g/mol. The molecule has 0 radical (unpaired) electrons. The Hall–Kier alpha value is -1.98. The third-order valence-corrected chi connectivity index (χ3v) is 4.16. The van der Waals surface area contributed by atoms with Crippen molar-refractivity contribution in [1.29, 1.82) is 0 Å². The minimum atomic E-state index is -4.55. The lowest BCUT2D eigenvalue weighted by atomic mass is 9.95. The molecule has 2 aromatic rings. The van der Waals surface area contributed by atoms with E-state index in [9.17, 15) is 18.0 Å². The van der Waals surface area contributed by atoms with Gasteiger partial charge in [-0.05, 0) is 31.9 Å². The van der Waals surface area contributed by atoms with Crippen molar-refractivity contribution in [2.45, 2.75) is 45.3 Å². The summed E-state index contributed by atoms with van der Waals surface area (Å²) in [6.45, 7) is 6.13. The van der Waals surface area contributed by atoms with Gasteiger partial charge in [-0.1, -0.05) is 19.9 Å². The molecule has 0 atom stereocenters. The molecule has 1 aromatic heterocycles. The Morgan fingerprint density at radius 2 is 1.77 bits per heavy atom. The number of benzene rings is 1. The molecule has 120 valence electrons. The number of aromatic nitrogens is 1. The van der Waals surface area contributed by atoms with E-state index in [-0.39, 0.29) is 16.4 Å². The van der Waals surface area contributed by atoms with Crippen LogP contribution < -0.4 is 10.9 Å². The predicted molar refractivity (Wildman–Crippen MR) is 82.2 cm³/mol. The van der Waals surface area contributed by atoms with Gasteiger partial charge in [-0.15, -0.1) is 0 Å². The maximum atomic E-state index is 13.0. The largest absolute Gasteiger partial charge is 0.417 e. The quantitative estimate of drug-likeness (QED) is 0.870. The first-order chi connectivity index (χ1) is 10.2. The van der Waals surface area contributed by atoms with Gasteiger partial charge in [-0.3, -0.25) is 4.79 Å². The molecule has 1 heterocycles. The first kappa shape index (κ1) is 16.4. The van der Waals surface area contributed by atoms with Crippen LogP contribution in [0.2, 0.25) is 0 Å². The number of aromatic amines is 1. The number of pyridine rings is 1. The Labute approximate surface area is 126 Å². The van der Waals surface area contributed by atoms with E-state index in [1.54, 1.807) is 12.1 Å². The molecule has 0 aliphatic carbocycles. The van der Waals surface area contributed by atoms with Gasteiger partial charge in [0.1, 0.15) is 0 Å². The van der Waals surface area contributed by atoms with Gasteiger partial charge in [-0.2, -0.15) is 13.2 Å². The first-order valence-electron chi connectivity index (χ1n) is 7.21. The molecule has 0 aliphatic rings. The van der Waals surface area contributed by atoms with Crippen molar-refractivity contribution < 1.29 is 13.2 Å². The maximum absolute atomic E-state index is 13.0. The third kappa shape index (κ3) is 3.26. The van der Waals surface area contributed by atoms with E-state index in [1.165, 1.54) is 6.07 Å². The number of rotatable bonds is 4. The molecule has 0 aliphatic heterocycles. The summed E-state index contributed by atoms with van der Waals surface area (Å²) in [4.78, 5) is 14.0. The van der Waals surface area contributed by atoms with Crippen molar-refractivity contribution in [3.05, 3.63) is 40.2 Å². The van der Waals surface area contributed by atoms with Crippen LogP contribution in [0.4, 0.5) is 18.9 Å². The van der Waals surface area contributed by atoms with E-state index in [4.69, 9.17) is 0 Å². The Balaban J connectivity index is 2.55. The van der Waals surface area contributed by atoms with Crippen LogP contribution in [0.1, 0.15) is 39.2 Å². The zero-order valence-corrected chi connectivity index (χ0v) is 12.8. The number of anilines is 1. The molecule has 0 bridgehead atoms. The maximum Gasteiger partial charge on any atom is 0.417 e. The summed E-state index contributed by atoms with van der Waals surface area (Å²) < 4.78 is 39.0. The highest BCUT2D eigenvalue weighted by Gasteiger charge is 2.33. The van der Waals surface area contributed by atoms with Crippen molar-refractivity contribution in [3.8, 4) is 0 Å². The zero-order valence-electron chi connectivity index (χ0n) is 12.8. The van der Waals surface area contributed by atoms with Gasteiger partial charge < -0.3 is 10.3 Å². The summed E-state index contributed by atoms with van der Waals surface area (Å²) >= 11 is 0. The molecule has 3 nitrogen and oxygen atoms in total. The second-order valence-corrected chi connectivity index (χ2v) is 5.70. The Morgan fingerprint density at radius 1 is 1.14 bits per heavy atom. The van der Waals surface area contributed by atoms with Crippen LogP contribution in [0.15, 0.2) is 29.1 Å². The number of alkyl halides is 3. The second-order valence-electron chi connectivity index (χ2n) is 5.70. The molecule has 2 rings (SSSR count). The van der Waals surface area contributed by atoms with Gasteiger partial charge >= 0.3 is 6.18 Å². The van der Waals surface area contributed by atoms with Gasteiger partial charge in [0.15, 0.2) is 0 Å². The Kier molecular flexibility index (Phi) is 4.22. The Bertz CT molecular complexity index is 730. The summed E-state index contributed by atoms with van der Waals surface area (Å²) in [5, 5.41) is 3.31. The van der Waals surface area contributed by atoms with Crippen LogP contribution in [-0.4, -0.2) is 10.5 Å². The predicted octanol–water partition coefficient (Wildman–Crippen LogP) is 4.54. The topological polar surface area (TPSA) is 44.9 Å². The van der Waals surface area contributed by atoms with Gasteiger partial charge in [0, 0.05) is 22.7 Å². The summed E-state index contributed by atoms with van der Waals surface area (Å²) in [7, 11) is 0. The van der Waals surface area contributed by atoms with Crippen molar-refractivity contribution in [2.75, 3.05) is 5.32 Å². The molecular weight excluding hydrogens is 293 g/mol. The summed E-state index contributed by atoms with van der Waals surface area (Å²) in [6.07, 6.45) is -2.80. The van der Waals surface area contributed by atoms with Crippen LogP contribution in [0, 0.1) is 0 Å². The number of hydrogen-bond donors (Lipinski definition) is 2. The Morgan fingerprint density at radius 3 is 2.32 bits per heavy atom. The van der Waals surface area contributed by atoms with E-state index >= 15 is 0 Å². The fourth-order valence-corrected chi connectivity index (χ4v) is 2.35. The highest BCUT2D eigenvalue weighted by atomic mass is 19.4. The fraction of sp³-hybridized carbons (Fsp3) is 0.438. The lowest BCUT2D eigenvalue weighted by Gasteiger charge is -2.29. The average molecular weight is 312 g/mol. The van der Waals surface area contributed by atoms with Crippen molar-refractivity contribution >= 4 is 16.6 Å². The lowest BCUT2D eigenvalue weighted by Crippen LogP contribution is -2.32. The minimum absolute atomic E-state index is 0.00708. The molecule has 1 aromatic carbocycles. The molecule has 0 saturated heterocycles. The lowest BCUT2D eigenvalue weighted by molar-refractivity contribution is -0.136. The molecular formula is C16H19F3N2O. The fourth-order valence-electron chi connectivity index (χ4n) is 2.35. The van der Waals surface area contributed by atoms with Crippen LogP contribution in [0.3, 0.4) is 0 Å². The van der Waals surface area contributed by atoms with E-state index in [2.05, 4.69) is 10.3 Å². The number of hydrogen-bond acceptors (Lipinski definition) is 2. The normalized spacial score (nSPS) is 12.6. The molecule has 22 heavy (non-hydrogen) atoms. The van der Waals surface area contributed by atoms with Crippen molar-refractivity contribution in [2.24, 2.45) is 0 Å². The molecule has 0 fully saturated rings. The number of fused-ring (bicyclic) bond motifs is 1. The second kappa shape index (κ2) is 5.66. The average Bonchev–Trinajstić information content (AvgIpc) is 2.45. The van der Waals surface area contributed by atoms with E-state index in [0.29, 0.717) is 11.8 Å². The molecule has 0 amide bonds. The third-order valence-electron chi connectivity index (χ3n) is 4.16. The molecule has 0 unspecified atom stereocenters. The molecule has 6 heteroatoms. The van der Waals surface area contributed by atoms with Crippen LogP contribution in [0.5, 0.6) is 0 Å². The first-order valence-corrected chi connectivity index (χ1v) is 7.21. The van der Waals surface area contributed by atoms with Gasteiger partial charge in [0.25, 0.3) is 0 Å². The highest BCUT2D eigenvalue weighted by Crippen LogP contribution is 2.34. The van der Waals surface area contributed by atoms with Crippen LogP contribution in [-0.2, 0) is 6.18 Å². The molecule has 0 saturated carbocycles. The number of nitrogens with one attached hydrogen (secondary N) is 2. The van der Waals surface area contributed by atoms with Gasteiger partial charge in [0.05, 0.1) is 11.1 Å². The van der Waals surface area contributed by atoms with Crippen LogP contribution in [0.25, 0.3) is 10.9 Å². The standard InChI is InChI=1S/C16H19F3N2O/c1-4-15(3,5-2)21-10-6-7-11-12(16(17,18)19)9-14(22)20-13(11)8-10/h6-9,21H,4-5H2,1-3H3,(H,20,22). The summed E-state index contributed by atoms with van der Waals surface area (Å²) in [5.41, 5.74) is -0.944. The zero-order chi connectivity index (χ0) is 16.5. The van der Waals surface area contributed by atoms with Crippen LogP contribution >= 0.6 is 0 Å². The smallest absolute Gasteiger partial charge is 0.380 e. The molecule has 2 N–H and O–H groups in total.